The molecule has 96 valence electrons. The number of rotatable bonds is 3. The van der Waals surface area contributed by atoms with Gasteiger partial charge in [-0.25, -0.2) is 22.3 Å². The summed E-state index contributed by atoms with van der Waals surface area (Å²) in [4.78, 5) is 11.0. The summed E-state index contributed by atoms with van der Waals surface area (Å²) in [5.74, 6) is -1.40. The van der Waals surface area contributed by atoms with Gasteiger partial charge in [-0.1, -0.05) is 0 Å². The molecule has 0 aliphatic heterocycles. The van der Waals surface area contributed by atoms with Crippen LogP contribution in [0.4, 0.5) is 14.6 Å². The molecule has 0 saturated heterocycles. The lowest BCUT2D eigenvalue weighted by atomic mass is 10.2. The van der Waals surface area contributed by atoms with Crippen molar-refractivity contribution >= 4 is 15.8 Å². The third kappa shape index (κ3) is 2.55. The van der Waals surface area contributed by atoms with E-state index >= 15 is 0 Å². The summed E-state index contributed by atoms with van der Waals surface area (Å²) in [7, 11) is -4.64. The zero-order valence-electron chi connectivity index (χ0n) is 8.37. The van der Waals surface area contributed by atoms with Crippen LogP contribution in [0.3, 0.4) is 0 Å². The number of nitro groups is 1. The molecule has 8 nitrogen and oxygen atoms in total. The number of pyridine rings is 1. The SMILES string of the molecule is N#Cc1cc(C(F)F)nc([N+](=O)[O-])c1S(N)(=O)=O. The monoisotopic (exact) mass is 278 g/mol. The second kappa shape index (κ2) is 4.59. The molecule has 0 amide bonds. The molecule has 11 heteroatoms. The summed E-state index contributed by atoms with van der Waals surface area (Å²) < 4.78 is 47.0. The average Bonchev–Trinajstić information content (AvgIpc) is 2.25. The van der Waals surface area contributed by atoms with Crippen molar-refractivity contribution in [2.24, 2.45) is 5.14 Å². The van der Waals surface area contributed by atoms with E-state index in [0.29, 0.717) is 6.07 Å². The molecule has 0 radical (unpaired) electrons. The standard InChI is InChI=1S/C7H4F2N4O4S/c8-6(9)4-1-3(2-10)5(18(11,16)17)7(12-4)13(14)15/h1,6H,(H2,11,16,17). The Labute approximate surface area is 98.9 Å². The number of nitrogens with two attached hydrogens (primary N) is 1. The Morgan fingerprint density at radius 3 is 2.44 bits per heavy atom. The second-order valence-corrected chi connectivity index (χ2v) is 4.46. The number of hydrogen-bond donors (Lipinski definition) is 1. The normalized spacial score (nSPS) is 11.3. The van der Waals surface area contributed by atoms with Crippen LogP contribution in [0.1, 0.15) is 17.7 Å². The van der Waals surface area contributed by atoms with Gasteiger partial charge >= 0.3 is 12.2 Å². The van der Waals surface area contributed by atoms with E-state index < -0.39 is 43.3 Å². The maximum absolute atomic E-state index is 12.4. The van der Waals surface area contributed by atoms with Crippen LogP contribution in [0.2, 0.25) is 0 Å². The van der Waals surface area contributed by atoms with Crippen LogP contribution in [0.15, 0.2) is 11.0 Å². The fourth-order valence-corrected chi connectivity index (χ4v) is 1.92. The first-order chi connectivity index (χ1) is 8.18. The van der Waals surface area contributed by atoms with Crippen molar-refractivity contribution in [3.63, 3.8) is 0 Å². The number of nitrogens with zero attached hydrogens (tertiary/aromatic N) is 3. The molecular formula is C7H4F2N4O4S. The smallest absolute Gasteiger partial charge is 0.358 e. The van der Waals surface area contributed by atoms with E-state index in [1.54, 1.807) is 0 Å². The Bertz CT molecular complexity index is 652. The van der Waals surface area contributed by atoms with Crippen molar-refractivity contribution in [3.8, 4) is 6.07 Å². The summed E-state index contributed by atoms with van der Waals surface area (Å²) in [5.41, 5.74) is -1.93. The van der Waals surface area contributed by atoms with Gasteiger partial charge in [0.05, 0.1) is 5.56 Å². The Hall–Kier alpha value is -2.19. The molecule has 2 N–H and O–H groups in total. The molecule has 0 aromatic carbocycles. The highest BCUT2D eigenvalue weighted by Gasteiger charge is 2.32. The van der Waals surface area contributed by atoms with Crippen molar-refractivity contribution < 1.29 is 22.1 Å². The minimum atomic E-state index is -4.64. The van der Waals surface area contributed by atoms with Gasteiger partial charge in [-0.2, -0.15) is 5.26 Å². The van der Waals surface area contributed by atoms with Gasteiger partial charge in [-0.05, 0) is 9.91 Å². The van der Waals surface area contributed by atoms with Crippen molar-refractivity contribution in [2.45, 2.75) is 11.3 Å². The van der Waals surface area contributed by atoms with E-state index in [0.717, 1.165) is 0 Å². The van der Waals surface area contributed by atoms with E-state index in [1.807, 2.05) is 0 Å². The molecule has 0 aliphatic rings. The number of halogens is 2. The zero-order chi connectivity index (χ0) is 14.1. The number of sulfonamides is 1. The quantitative estimate of drug-likeness (QED) is 0.628. The average molecular weight is 278 g/mol. The molecular weight excluding hydrogens is 274 g/mol. The van der Waals surface area contributed by atoms with Crippen molar-refractivity contribution in [2.75, 3.05) is 0 Å². The summed E-state index contributed by atoms with van der Waals surface area (Å²) in [6, 6.07) is 1.70. The van der Waals surface area contributed by atoms with Gasteiger partial charge in [0.1, 0.15) is 6.07 Å². The van der Waals surface area contributed by atoms with Gasteiger partial charge in [0.25, 0.3) is 0 Å². The van der Waals surface area contributed by atoms with E-state index in [2.05, 4.69) is 10.1 Å². The Morgan fingerprint density at radius 1 is 1.56 bits per heavy atom. The van der Waals surface area contributed by atoms with Gasteiger partial charge in [0.15, 0.2) is 4.90 Å². The molecule has 1 rings (SSSR count). The van der Waals surface area contributed by atoms with Crippen LogP contribution in [0, 0.1) is 21.4 Å². The van der Waals surface area contributed by atoms with Crippen LogP contribution in [0.5, 0.6) is 0 Å². The Morgan fingerprint density at radius 2 is 2.11 bits per heavy atom. The summed E-state index contributed by atoms with van der Waals surface area (Å²) in [6.07, 6.45) is -3.19. The van der Waals surface area contributed by atoms with Crippen LogP contribution in [-0.4, -0.2) is 18.3 Å². The van der Waals surface area contributed by atoms with Crippen LogP contribution in [0.25, 0.3) is 0 Å². The Balaban J connectivity index is 3.81. The lowest BCUT2D eigenvalue weighted by molar-refractivity contribution is -0.392. The number of nitriles is 1. The molecule has 0 spiro atoms. The highest BCUT2D eigenvalue weighted by molar-refractivity contribution is 7.89. The molecule has 0 bridgehead atoms. The van der Waals surface area contributed by atoms with Crippen LogP contribution >= 0.6 is 0 Å². The molecule has 1 aromatic rings. The van der Waals surface area contributed by atoms with E-state index in [9.17, 15) is 27.3 Å². The molecule has 18 heavy (non-hydrogen) atoms. The van der Waals surface area contributed by atoms with Crippen LogP contribution in [-0.2, 0) is 10.0 Å². The predicted octanol–water partition coefficient (Wildman–Crippen LogP) is 0.446. The lowest BCUT2D eigenvalue weighted by Gasteiger charge is -2.03. The Kier molecular flexibility index (Phi) is 3.54. The topological polar surface area (TPSA) is 140 Å². The van der Waals surface area contributed by atoms with E-state index in [-0.39, 0.29) is 0 Å². The van der Waals surface area contributed by atoms with E-state index in [1.165, 1.54) is 6.07 Å². The van der Waals surface area contributed by atoms with Gasteiger partial charge in [0, 0.05) is 6.07 Å². The molecule has 1 aromatic heterocycles. The van der Waals surface area contributed by atoms with E-state index in [4.69, 9.17) is 5.26 Å². The molecule has 0 fully saturated rings. The number of alkyl halides is 2. The highest BCUT2D eigenvalue weighted by Crippen LogP contribution is 2.28. The largest absolute Gasteiger partial charge is 0.385 e. The molecule has 0 saturated carbocycles. The van der Waals surface area contributed by atoms with Crippen molar-refractivity contribution in [1.29, 1.82) is 5.26 Å². The minimum Gasteiger partial charge on any atom is -0.358 e. The van der Waals surface area contributed by atoms with Gasteiger partial charge in [-0.3, -0.25) is 0 Å². The molecule has 0 unspecified atom stereocenters. The first-order valence-electron chi connectivity index (χ1n) is 4.09. The number of aromatic nitrogens is 1. The maximum atomic E-state index is 12.4. The van der Waals surface area contributed by atoms with Gasteiger partial charge in [-0.15, -0.1) is 0 Å². The second-order valence-electron chi connectivity index (χ2n) is 2.96. The predicted molar refractivity (Wildman–Crippen MR) is 51.9 cm³/mol. The molecule has 1 heterocycles. The minimum absolute atomic E-state index is 0.442. The lowest BCUT2D eigenvalue weighted by Crippen LogP contribution is -2.17. The first kappa shape index (κ1) is 13.9. The summed E-state index contributed by atoms with van der Waals surface area (Å²) in [5, 5.41) is 23.9. The van der Waals surface area contributed by atoms with Crippen molar-refractivity contribution in [1.82, 2.24) is 4.98 Å². The first-order valence-corrected chi connectivity index (χ1v) is 5.63. The molecule has 0 atom stereocenters. The summed E-state index contributed by atoms with van der Waals surface area (Å²) >= 11 is 0. The van der Waals surface area contributed by atoms with Crippen LogP contribution < -0.4 is 5.14 Å². The fourth-order valence-electron chi connectivity index (χ4n) is 1.14. The zero-order valence-corrected chi connectivity index (χ0v) is 9.19. The third-order valence-corrected chi connectivity index (χ3v) is 2.75. The number of primary sulfonamides is 1. The van der Waals surface area contributed by atoms with Crippen molar-refractivity contribution in [3.05, 3.63) is 27.4 Å². The molecule has 0 aliphatic carbocycles. The number of hydrogen-bond acceptors (Lipinski definition) is 6. The summed E-state index contributed by atoms with van der Waals surface area (Å²) in [6.45, 7) is 0. The maximum Gasteiger partial charge on any atom is 0.385 e. The van der Waals surface area contributed by atoms with Gasteiger partial charge in [0.2, 0.25) is 15.7 Å². The third-order valence-electron chi connectivity index (χ3n) is 1.78. The van der Waals surface area contributed by atoms with Gasteiger partial charge < -0.3 is 10.1 Å². The fraction of sp³-hybridized carbons (Fsp3) is 0.143. The highest BCUT2D eigenvalue weighted by atomic mass is 32.2.